The van der Waals surface area contributed by atoms with E-state index in [-0.39, 0.29) is 0 Å². The molecule has 1 aromatic rings. The molecule has 0 amide bonds. The summed E-state index contributed by atoms with van der Waals surface area (Å²) in [6, 6.07) is 11.4. The molecule has 2 fully saturated rings. The summed E-state index contributed by atoms with van der Waals surface area (Å²) in [5.41, 5.74) is 1.39. The predicted molar refractivity (Wildman–Crippen MR) is 64.1 cm³/mol. The molecular formula is C14H19NO. The average Bonchev–Trinajstić information content (AvgIpc) is 2.88. The predicted octanol–water partition coefficient (Wildman–Crippen LogP) is 2.20. The number of hydrogen-bond donors (Lipinski definition) is 1. The lowest BCUT2D eigenvalue weighted by Crippen LogP contribution is -2.26. The topological polar surface area (TPSA) is 21.3 Å². The molecular weight excluding hydrogens is 198 g/mol. The average molecular weight is 217 g/mol. The molecule has 2 unspecified atom stereocenters. The van der Waals surface area contributed by atoms with Gasteiger partial charge in [0.05, 0.1) is 0 Å². The van der Waals surface area contributed by atoms with Gasteiger partial charge in [-0.2, -0.15) is 0 Å². The molecule has 0 spiro atoms. The molecule has 16 heavy (non-hydrogen) atoms. The van der Waals surface area contributed by atoms with Crippen LogP contribution in [0.3, 0.4) is 0 Å². The maximum absolute atomic E-state index is 5.49. The van der Waals surface area contributed by atoms with Crippen LogP contribution in [-0.4, -0.2) is 19.3 Å². The summed E-state index contributed by atoms with van der Waals surface area (Å²) in [5.74, 6) is 1.65. The second-order valence-electron chi connectivity index (χ2n) is 5.09. The number of fused-ring (bicyclic) bond motifs is 1. The van der Waals surface area contributed by atoms with E-state index in [1.165, 1.54) is 18.4 Å². The fourth-order valence-corrected chi connectivity index (χ4v) is 3.02. The molecule has 1 aliphatic heterocycles. The van der Waals surface area contributed by atoms with Gasteiger partial charge in [0, 0.05) is 25.8 Å². The van der Waals surface area contributed by atoms with Crippen molar-refractivity contribution >= 4 is 0 Å². The Morgan fingerprint density at radius 1 is 1.06 bits per heavy atom. The first kappa shape index (κ1) is 10.3. The quantitative estimate of drug-likeness (QED) is 0.838. The fourth-order valence-electron chi connectivity index (χ4n) is 3.02. The number of benzene rings is 1. The van der Waals surface area contributed by atoms with Crippen LogP contribution >= 0.6 is 0 Å². The SMILES string of the molecule is c1ccc(CNC2CC3COCC3C2)cc1. The van der Waals surface area contributed by atoms with Crippen molar-refractivity contribution in [2.24, 2.45) is 11.8 Å². The van der Waals surface area contributed by atoms with Gasteiger partial charge in [-0.15, -0.1) is 0 Å². The van der Waals surface area contributed by atoms with Crippen LogP contribution in [0.1, 0.15) is 18.4 Å². The van der Waals surface area contributed by atoms with Gasteiger partial charge in [-0.1, -0.05) is 30.3 Å². The summed E-state index contributed by atoms with van der Waals surface area (Å²) >= 11 is 0. The zero-order valence-electron chi connectivity index (χ0n) is 9.56. The molecule has 0 aromatic heterocycles. The first-order valence-electron chi connectivity index (χ1n) is 6.27. The van der Waals surface area contributed by atoms with Crippen LogP contribution in [0, 0.1) is 11.8 Å². The van der Waals surface area contributed by atoms with Crippen molar-refractivity contribution in [3.05, 3.63) is 35.9 Å². The molecule has 0 bridgehead atoms. The summed E-state index contributed by atoms with van der Waals surface area (Å²) in [6.07, 6.45) is 2.61. The third-order valence-corrected chi connectivity index (χ3v) is 3.94. The summed E-state index contributed by atoms with van der Waals surface area (Å²) in [4.78, 5) is 0. The van der Waals surface area contributed by atoms with E-state index < -0.39 is 0 Å². The first-order valence-corrected chi connectivity index (χ1v) is 6.27. The second kappa shape index (κ2) is 4.56. The highest BCUT2D eigenvalue weighted by Crippen LogP contribution is 2.36. The van der Waals surface area contributed by atoms with Crippen LogP contribution in [0.15, 0.2) is 30.3 Å². The van der Waals surface area contributed by atoms with E-state index in [9.17, 15) is 0 Å². The maximum Gasteiger partial charge on any atom is 0.0498 e. The number of rotatable bonds is 3. The third kappa shape index (κ3) is 2.13. The van der Waals surface area contributed by atoms with E-state index in [4.69, 9.17) is 4.74 Å². The van der Waals surface area contributed by atoms with E-state index >= 15 is 0 Å². The van der Waals surface area contributed by atoms with E-state index in [0.29, 0.717) is 6.04 Å². The maximum atomic E-state index is 5.49. The van der Waals surface area contributed by atoms with Crippen molar-refractivity contribution in [1.29, 1.82) is 0 Å². The van der Waals surface area contributed by atoms with Crippen LogP contribution in [0.2, 0.25) is 0 Å². The molecule has 2 heteroatoms. The van der Waals surface area contributed by atoms with Gasteiger partial charge < -0.3 is 10.1 Å². The molecule has 2 nitrogen and oxygen atoms in total. The minimum absolute atomic E-state index is 0.708. The molecule has 1 aromatic carbocycles. The van der Waals surface area contributed by atoms with Crippen molar-refractivity contribution in [3.8, 4) is 0 Å². The summed E-state index contributed by atoms with van der Waals surface area (Å²) < 4.78 is 5.49. The molecule has 0 radical (unpaired) electrons. The van der Waals surface area contributed by atoms with E-state index in [1.54, 1.807) is 0 Å². The van der Waals surface area contributed by atoms with Crippen LogP contribution in [-0.2, 0) is 11.3 Å². The van der Waals surface area contributed by atoms with Crippen LogP contribution in [0.25, 0.3) is 0 Å². The lowest BCUT2D eigenvalue weighted by atomic mass is 10.0. The zero-order chi connectivity index (χ0) is 10.8. The smallest absolute Gasteiger partial charge is 0.0498 e. The van der Waals surface area contributed by atoms with Crippen molar-refractivity contribution in [3.63, 3.8) is 0 Å². The Bertz CT molecular complexity index is 326. The Morgan fingerprint density at radius 3 is 2.44 bits per heavy atom. The molecule has 1 aliphatic carbocycles. The largest absolute Gasteiger partial charge is 0.381 e. The monoisotopic (exact) mass is 217 g/mol. The highest BCUT2D eigenvalue weighted by molar-refractivity contribution is 5.14. The standard InChI is InChI=1S/C14H19NO/c1-2-4-11(5-3-1)8-15-14-6-12-9-16-10-13(12)7-14/h1-5,12-15H,6-10H2. The van der Waals surface area contributed by atoms with Crippen LogP contribution in [0.5, 0.6) is 0 Å². The highest BCUT2D eigenvalue weighted by atomic mass is 16.5. The molecule has 86 valence electrons. The molecule has 1 saturated heterocycles. The Kier molecular flexibility index (Phi) is 2.94. The molecule has 3 rings (SSSR count). The number of ether oxygens (including phenoxy) is 1. The first-order chi connectivity index (χ1) is 7.92. The molecule has 2 atom stereocenters. The summed E-state index contributed by atoms with van der Waals surface area (Å²) in [7, 11) is 0. The van der Waals surface area contributed by atoms with E-state index in [2.05, 4.69) is 35.6 Å². The molecule has 1 N–H and O–H groups in total. The zero-order valence-corrected chi connectivity index (χ0v) is 9.56. The fraction of sp³-hybridized carbons (Fsp3) is 0.571. The second-order valence-corrected chi connectivity index (χ2v) is 5.09. The number of hydrogen-bond acceptors (Lipinski definition) is 2. The van der Waals surface area contributed by atoms with Gasteiger partial charge in [-0.3, -0.25) is 0 Å². The van der Waals surface area contributed by atoms with Crippen molar-refractivity contribution < 1.29 is 4.74 Å². The lowest BCUT2D eigenvalue weighted by molar-refractivity contribution is 0.169. The Morgan fingerprint density at radius 2 is 1.75 bits per heavy atom. The Hall–Kier alpha value is -0.860. The van der Waals surface area contributed by atoms with E-state index in [1.807, 2.05) is 0 Å². The van der Waals surface area contributed by atoms with Gasteiger partial charge in [-0.05, 0) is 30.2 Å². The van der Waals surface area contributed by atoms with Gasteiger partial charge in [0.2, 0.25) is 0 Å². The minimum Gasteiger partial charge on any atom is -0.381 e. The van der Waals surface area contributed by atoms with E-state index in [0.717, 1.165) is 31.6 Å². The Labute approximate surface area is 97.0 Å². The number of nitrogens with one attached hydrogen (secondary N) is 1. The Balaban J connectivity index is 1.50. The van der Waals surface area contributed by atoms with Crippen LogP contribution < -0.4 is 5.32 Å². The molecule has 1 saturated carbocycles. The minimum atomic E-state index is 0.708. The van der Waals surface area contributed by atoms with Gasteiger partial charge in [-0.25, -0.2) is 0 Å². The lowest BCUT2D eigenvalue weighted by Gasteiger charge is -2.13. The molecule has 2 aliphatic rings. The van der Waals surface area contributed by atoms with Gasteiger partial charge in [0.25, 0.3) is 0 Å². The van der Waals surface area contributed by atoms with Gasteiger partial charge in [0.1, 0.15) is 0 Å². The third-order valence-electron chi connectivity index (χ3n) is 3.94. The summed E-state index contributed by atoms with van der Waals surface area (Å²) in [6.45, 7) is 2.99. The van der Waals surface area contributed by atoms with Gasteiger partial charge >= 0.3 is 0 Å². The molecule has 1 heterocycles. The van der Waals surface area contributed by atoms with Crippen LogP contribution in [0.4, 0.5) is 0 Å². The van der Waals surface area contributed by atoms with Gasteiger partial charge in [0.15, 0.2) is 0 Å². The normalized spacial score (nSPS) is 32.9. The van der Waals surface area contributed by atoms with Crippen molar-refractivity contribution in [2.75, 3.05) is 13.2 Å². The van der Waals surface area contributed by atoms with Crippen molar-refractivity contribution in [1.82, 2.24) is 5.32 Å². The summed E-state index contributed by atoms with van der Waals surface area (Å²) in [5, 5.41) is 3.67. The van der Waals surface area contributed by atoms with Crippen molar-refractivity contribution in [2.45, 2.75) is 25.4 Å². The highest BCUT2D eigenvalue weighted by Gasteiger charge is 2.37.